The van der Waals surface area contributed by atoms with Crippen LogP contribution in [0.25, 0.3) is 0 Å². The van der Waals surface area contributed by atoms with Crippen molar-refractivity contribution in [3.05, 3.63) is 58.7 Å². The monoisotopic (exact) mass is 458 g/mol. The van der Waals surface area contributed by atoms with Crippen LogP contribution in [0.4, 0.5) is 0 Å². The lowest BCUT2D eigenvalue weighted by atomic mass is 9.97. The van der Waals surface area contributed by atoms with Gasteiger partial charge in [-0.25, -0.2) is 31.9 Å². The Morgan fingerprint density at radius 2 is 1.33 bits per heavy atom. The number of aryl methyl sites for hydroxylation is 2. The molecular weight excluding hydrogens is 432 g/mol. The summed E-state index contributed by atoms with van der Waals surface area (Å²) in [6.45, 7) is 6.48. The number of benzene rings is 2. The van der Waals surface area contributed by atoms with E-state index in [2.05, 4.69) is 4.74 Å². The van der Waals surface area contributed by atoms with Crippen molar-refractivity contribution >= 4 is 26.0 Å². The Kier molecular flexibility index (Phi) is 7.91. The van der Waals surface area contributed by atoms with E-state index in [-0.39, 0.29) is 9.79 Å². The third-order valence-corrected chi connectivity index (χ3v) is 6.23. The number of aliphatic hydroxyl groups is 1. The fraction of sp³-hybridized carbons (Fsp3) is 0.316. The molecule has 0 amide bonds. The summed E-state index contributed by atoms with van der Waals surface area (Å²) in [5.74, 6) is -0.515. The summed E-state index contributed by atoms with van der Waals surface area (Å²) in [5.41, 5.74) is 0.925. The predicted octanol–water partition coefficient (Wildman–Crippen LogP) is 1.30. The molecule has 5 N–H and O–H groups in total. The van der Waals surface area contributed by atoms with Crippen LogP contribution in [0.3, 0.4) is 0 Å². The van der Waals surface area contributed by atoms with Gasteiger partial charge in [0, 0.05) is 0 Å². The quantitative estimate of drug-likeness (QED) is 0.580. The molecule has 0 radical (unpaired) electrons. The van der Waals surface area contributed by atoms with Crippen LogP contribution in [0.2, 0.25) is 0 Å². The molecule has 0 fully saturated rings. The molecule has 0 aliphatic rings. The molecule has 0 saturated carbocycles. The van der Waals surface area contributed by atoms with Crippen molar-refractivity contribution in [2.24, 2.45) is 10.3 Å². The van der Waals surface area contributed by atoms with Gasteiger partial charge in [0.2, 0.25) is 20.0 Å². The number of nitrogens with two attached hydrogens (primary N) is 2. The van der Waals surface area contributed by atoms with Gasteiger partial charge in [0.05, 0.1) is 28.1 Å². The van der Waals surface area contributed by atoms with Gasteiger partial charge in [-0.2, -0.15) is 0 Å². The van der Waals surface area contributed by atoms with Gasteiger partial charge in [-0.3, -0.25) is 0 Å². The summed E-state index contributed by atoms with van der Waals surface area (Å²) in [7, 11) is -6.16. The number of hydrogen-bond acceptors (Lipinski definition) is 7. The molecule has 0 aliphatic carbocycles. The zero-order valence-electron chi connectivity index (χ0n) is 17.3. The van der Waals surface area contributed by atoms with Crippen molar-refractivity contribution < 1.29 is 31.5 Å². The van der Waals surface area contributed by atoms with Crippen LogP contribution in [0, 0.1) is 13.8 Å². The maximum absolute atomic E-state index is 11.1. The number of primary sulfonamides is 2. The Morgan fingerprint density at radius 1 is 0.900 bits per heavy atom. The average Bonchev–Trinajstić information content (AvgIpc) is 2.58. The van der Waals surface area contributed by atoms with Gasteiger partial charge < -0.3 is 9.84 Å². The zero-order chi connectivity index (χ0) is 23.5. The molecular formula is C19H26N2O7S2. The zero-order valence-corrected chi connectivity index (χ0v) is 19.0. The molecule has 0 atom stereocenters. The summed E-state index contributed by atoms with van der Waals surface area (Å²) in [6.07, 6.45) is 0. The molecule has 0 unspecified atom stereocenters. The first kappa shape index (κ1) is 25.7. The van der Waals surface area contributed by atoms with Gasteiger partial charge >= 0.3 is 5.97 Å². The van der Waals surface area contributed by atoms with Crippen molar-refractivity contribution in [1.29, 1.82) is 0 Å². The maximum atomic E-state index is 11.1. The van der Waals surface area contributed by atoms with Gasteiger partial charge in [0.25, 0.3) is 0 Å². The number of ether oxygens (including phenoxy) is 1. The lowest BCUT2D eigenvalue weighted by Gasteiger charge is -2.18. The van der Waals surface area contributed by atoms with E-state index >= 15 is 0 Å². The predicted molar refractivity (Wildman–Crippen MR) is 112 cm³/mol. The third kappa shape index (κ3) is 6.89. The van der Waals surface area contributed by atoms with Gasteiger partial charge in [0.1, 0.15) is 0 Å². The molecule has 0 aliphatic heterocycles. The van der Waals surface area contributed by atoms with Crippen molar-refractivity contribution in [1.82, 2.24) is 0 Å². The van der Waals surface area contributed by atoms with E-state index in [1.807, 2.05) is 0 Å². The van der Waals surface area contributed by atoms with Crippen molar-refractivity contribution in [2.75, 3.05) is 7.11 Å². The molecule has 2 aromatic carbocycles. The van der Waals surface area contributed by atoms with E-state index in [1.54, 1.807) is 39.8 Å². The van der Waals surface area contributed by atoms with E-state index in [9.17, 15) is 26.7 Å². The van der Waals surface area contributed by atoms with E-state index < -0.39 is 31.6 Å². The van der Waals surface area contributed by atoms with Crippen LogP contribution in [0.1, 0.15) is 40.9 Å². The van der Waals surface area contributed by atoms with Crippen LogP contribution in [-0.2, 0) is 30.4 Å². The normalized spacial score (nSPS) is 12.0. The first-order valence-corrected chi connectivity index (χ1v) is 11.7. The Bertz CT molecular complexity index is 1150. The highest BCUT2D eigenvalue weighted by atomic mass is 32.2. The molecule has 2 aromatic rings. The Balaban J connectivity index is 0.000000300. The molecule has 0 spiro atoms. The molecule has 166 valence electrons. The highest BCUT2D eigenvalue weighted by Crippen LogP contribution is 2.23. The second-order valence-corrected chi connectivity index (χ2v) is 10.2. The van der Waals surface area contributed by atoms with E-state index in [1.165, 1.54) is 31.4 Å². The Morgan fingerprint density at radius 3 is 1.67 bits per heavy atom. The molecule has 0 heterocycles. The van der Waals surface area contributed by atoms with Crippen molar-refractivity contribution in [3.8, 4) is 0 Å². The molecule has 0 bridgehead atoms. The Hall–Kier alpha value is -2.31. The number of esters is 1. The first-order valence-electron chi connectivity index (χ1n) is 8.56. The second-order valence-electron chi connectivity index (χ2n) is 7.10. The number of rotatable bonds is 4. The summed E-state index contributed by atoms with van der Waals surface area (Å²) in [6, 6.07) is 8.67. The fourth-order valence-corrected chi connectivity index (χ4v) is 4.09. The standard InChI is InChI=1S/C10H15NO3S.C9H11NO4S/c1-7-6-8(10(2,3)12)4-5-9(7)15(11,13)14;1-6-5-7(9(11)14-2)3-4-8(6)15(10,12)13/h4-6,12H,1-3H3,(H2,11,13,14);3-5H,1-2H3,(H2,10,12,13). The Labute approximate surface area is 176 Å². The van der Waals surface area contributed by atoms with Gasteiger partial charge in [0.15, 0.2) is 0 Å². The number of carbonyl (C=O) groups excluding carboxylic acids is 1. The minimum Gasteiger partial charge on any atom is -0.465 e. The minimum absolute atomic E-state index is 0.00940. The molecule has 0 aromatic heterocycles. The van der Waals surface area contributed by atoms with Crippen LogP contribution in [-0.4, -0.2) is 35.0 Å². The second kappa shape index (κ2) is 9.23. The maximum Gasteiger partial charge on any atom is 0.337 e. The molecule has 11 heteroatoms. The summed E-state index contributed by atoms with van der Waals surface area (Å²) < 4.78 is 48.9. The van der Waals surface area contributed by atoms with E-state index in [0.29, 0.717) is 22.3 Å². The molecule has 2 rings (SSSR count). The van der Waals surface area contributed by atoms with Crippen LogP contribution in [0.15, 0.2) is 46.2 Å². The summed E-state index contributed by atoms with van der Waals surface area (Å²) in [5, 5.41) is 19.7. The average molecular weight is 459 g/mol. The lowest BCUT2D eigenvalue weighted by molar-refractivity contribution is 0.0600. The van der Waals surface area contributed by atoms with E-state index in [0.717, 1.165) is 0 Å². The fourth-order valence-electron chi connectivity index (χ4n) is 2.56. The highest BCUT2D eigenvalue weighted by molar-refractivity contribution is 7.89. The van der Waals surface area contributed by atoms with E-state index in [4.69, 9.17) is 10.3 Å². The van der Waals surface area contributed by atoms with Crippen molar-refractivity contribution in [2.45, 2.75) is 43.1 Å². The third-order valence-electron chi connectivity index (χ3n) is 4.09. The van der Waals surface area contributed by atoms with Crippen LogP contribution in [0.5, 0.6) is 0 Å². The molecule has 9 nitrogen and oxygen atoms in total. The van der Waals surface area contributed by atoms with Gasteiger partial charge in [-0.1, -0.05) is 12.1 Å². The van der Waals surface area contributed by atoms with Crippen LogP contribution < -0.4 is 10.3 Å². The smallest absolute Gasteiger partial charge is 0.337 e. The minimum atomic E-state index is -3.73. The topological polar surface area (TPSA) is 167 Å². The molecule has 30 heavy (non-hydrogen) atoms. The van der Waals surface area contributed by atoms with Gasteiger partial charge in [-0.05, 0) is 68.7 Å². The number of hydrogen-bond donors (Lipinski definition) is 3. The number of carbonyl (C=O) groups is 1. The lowest BCUT2D eigenvalue weighted by Crippen LogP contribution is -2.18. The van der Waals surface area contributed by atoms with Crippen molar-refractivity contribution in [3.63, 3.8) is 0 Å². The first-order chi connectivity index (χ1) is 13.5. The largest absolute Gasteiger partial charge is 0.465 e. The molecule has 0 saturated heterocycles. The van der Waals surface area contributed by atoms with Gasteiger partial charge in [-0.15, -0.1) is 0 Å². The van der Waals surface area contributed by atoms with Crippen LogP contribution >= 0.6 is 0 Å². The number of methoxy groups -OCH3 is 1. The number of sulfonamides is 2. The summed E-state index contributed by atoms with van der Waals surface area (Å²) >= 11 is 0. The highest BCUT2D eigenvalue weighted by Gasteiger charge is 2.19. The summed E-state index contributed by atoms with van der Waals surface area (Å²) in [4.78, 5) is 11.2. The SMILES string of the molecule is COC(=O)c1ccc(S(N)(=O)=O)c(C)c1.Cc1cc(C(C)(C)O)ccc1S(N)(=O)=O.